The monoisotopic (exact) mass is 410 g/mol. The minimum atomic E-state index is 0.00512. The number of hydrogen-bond acceptors (Lipinski definition) is 4. The molecule has 0 bridgehead atoms. The first-order chi connectivity index (χ1) is 12.0. The van der Waals surface area contributed by atoms with Crippen molar-refractivity contribution >= 4 is 27.6 Å². The molecule has 1 heterocycles. The minimum Gasteiger partial charge on any atom is -0.376 e. The van der Waals surface area contributed by atoms with Crippen LogP contribution in [-0.2, 0) is 9.53 Å². The molecule has 1 unspecified atom stereocenters. The number of nitrogens with zero attached hydrogens (tertiary/aromatic N) is 2. The van der Waals surface area contributed by atoms with Gasteiger partial charge in [0.25, 0.3) is 0 Å². The lowest BCUT2D eigenvalue weighted by molar-refractivity contribution is -0.132. The maximum atomic E-state index is 12.6. The average Bonchev–Trinajstić information content (AvgIpc) is 3.09. The Morgan fingerprint density at radius 2 is 1.88 bits per heavy atom. The molecule has 25 heavy (non-hydrogen) atoms. The SMILES string of the molecule is CN(C)CCN(CC1CCCO1)C(=O)CCC(=O)c1ccc(Br)cc1. The summed E-state index contributed by atoms with van der Waals surface area (Å²) >= 11 is 3.36. The zero-order valence-electron chi connectivity index (χ0n) is 15.0. The summed E-state index contributed by atoms with van der Waals surface area (Å²) in [7, 11) is 3.98. The van der Waals surface area contributed by atoms with E-state index in [0.29, 0.717) is 18.7 Å². The summed E-state index contributed by atoms with van der Waals surface area (Å²) in [6.45, 7) is 2.87. The number of carbonyl (C=O) groups is 2. The third-order valence-corrected chi connectivity index (χ3v) is 4.88. The van der Waals surface area contributed by atoms with Gasteiger partial charge < -0.3 is 14.5 Å². The molecule has 1 amide bonds. The quantitative estimate of drug-likeness (QED) is 0.587. The second kappa shape index (κ2) is 10.0. The molecule has 0 N–H and O–H groups in total. The molecule has 1 atom stereocenters. The zero-order valence-corrected chi connectivity index (χ0v) is 16.6. The summed E-state index contributed by atoms with van der Waals surface area (Å²) in [5.41, 5.74) is 0.648. The summed E-state index contributed by atoms with van der Waals surface area (Å²) in [6, 6.07) is 7.26. The Morgan fingerprint density at radius 1 is 1.16 bits per heavy atom. The molecule has 1 aliphatic rings. The minimum absolute atomic E-state index is 0.00512. The van der Waals surface area contributed by atoms with Crippen molar-refractivity contribution in [1.82, 2.24) is 9.80 Å². The van der Waals surface area contributed by atoms with Gasteiger partial charge in [-0.1, -0.05) is 28.1 Å². The van der Waals surface area contributed by atoms with Gasteiger partial charge in [0.15, 0.2) is 5.78 Å². The van der Waals surface area contributed by atoms with Crippen molar-refractivity contribution in [2.45, 2.75) is 31.8 Å². The number of benzene rings is 1. The number of halogens is 1. The fourth-order valence-corrected chi connectivity index (χ4v) is 3.10. The zero-order chi connectivity index (χ0) is 18.2. The van der Waals surface area contributed by atoms with Crippen molar-refractivity contribution in [3.63, 3.8) is 0 Å². The van der Waals surface area contributed by atoms with E-state index in [-0.39, 0.29) is 30.6 Å². The lowest BCUT2D eigenvalue weighted by atomic mass is 10.1. The van der Waals surface area contributed by atoms with Crippen LogP contribution in [0.4, 0.5) is 0 Å². The maximum Gasteiger partial charge on any atom is 0.223 e. The number of likely N-dealkylation sites (N-methyl/N-ethyl adjacent to an activating group) is 1. The van der Waals surface area contributed by atoms with Crippen LogP contribution in [0.1, 0.15) is 36.0 Å². The number of ether oxygens (including phenoxy) is 1. The lowest BCUT2D eigenvalue weighted by Gasteiger charge is -2.27. The number of rotatable bonds is 9. The van der Waals surface area contributed by atoms with E-state index in [1.54, 1.807) is 12.1 Å². The fraction of sp³-hybridized carbons (Fsp3) is 0.579. The predicted molar refractivity (Wildman–Crippen MR) is 102 cm³/mol. The molecule has 0 saturated carbocycles. The number of carbonyl (C=O) groups excluding carboxylic acids is 2. The molecular formula is C19H27BrN2O3. The molecule has 138 valence electrons. The van der Waals surface area contributed by atoms with Crippen LogP contribution in [0.3, 0.4) is 0 Å². The van der Waals surface area contributed by atoms with Gasteiger partial charge in [-0.2, -0.15) is 0 Å². The van der Waals surface area contributed by atoms with Gasteiger partial charge in [0.2, 0.25) is 5.91 Å². The second-order valence-corrected chi connectivity index (χ2v) is 7.62. The predicted octanol–water partition coefficient (Wildman–Crippen LogP) is 2.98. The summed E-state index contributed by atoms with van der Waals surface area (Å²) in [4.78, 5) is 28.8. The van der Waals surface area contributed by atoms with Crippen molar-refractivity contribution in [3.8, 4) is 0 Å². The van der Waals surface area contributed by atoms with Crippen LogP contribution < -0.4 is 0 Å². The molecule has 1 fully saturated rings. The van der Waals surface area contributed by atoms with Crippen LogP contribution in [0.2, 0.25) is 0 Å². The Morgan fingerprint density at radius 3 is 2.48 bits per heavy atom. The molecule has 2 rings (SSSR count). The first kappa shape index (κ1) is 20.1. The first-order valence-electron chi connectivity index (χ1n) is 8.78. The van der Waals surface area contributed by atoms with Crippen molar-refractivity contribution in [1.29, 1.82) is 0 Å². The average molecular weight is 411 g/mol. The molecule has 1 aromatic rings. The molecule has 0 aliphatic carbocycles. The van der Waals surface area contributed by atoms with E-state index in [4.69, 9.17) is 4.74 Å². The highest BCUT2D eigenvalue weighted by atomic mass is 79.9. The van der Waals surface area contributed by atoms with Gasteiger partial charge in [0.05, 0.1) is 6.10 Å². The standard InChI is InChI=1S/C19H27BrN2O3/c1-21(2)11-12-22(14-17-4-3-13-25-17)19(24)10-9-18(23)15-5-7-16(20)8-6-15/h5-8,17H,3-4,9-14H2,1-2H3. The van der Waals surface area contributed by atoms with Gasteiger partial charge in [0, 0.05) is 49.1 Å². The van der Waals surface area contributed by atoms with E-state index < -0.39 is 0 Å². The summed E-state index contributed by atoms with van der Waals surface area (Å²) in [5.74, 6) is 0.0355. The Kier molecular flexibility index (Phi) is 8.06. The van der Waals surface area contributed by atoms with E-state index in [0.717, 1.165) is 30.5 Å². The highest BCUT2D eigenvalue weighted by Gasteiger charge is 2.23. The van der Waals surface area contributed by atoms with Crippen LogP contribution in [0.15, 0.2) is 28.7 Å². The van der Waals surface area contributed by atoms with Crippen molar-refractivity contribution in [2.24, 2.45) is 0 Å². The highest BCUT2D eigenvalue weighted by molar-refractivity contribution is 9.10. The van der Waals surface area contributed by atoms with Gasteiger partial charge in [-0.15, -0.1) is 0 Å². The van der Waals surface area contributed by atoms with Crippen LogP contribution in [0.5, 0.6) is 0 Å². The van der Waals surface area contributed by atoms with Crippen LogP contribution in [0.25, 0.3) is 0 Å². The van der Waals surface area contributed by atoms with E-state index in [9.17, 15) is 9.59 Å². The van der Waals surface area contributed by atoms with Gasteiger partial charge in [0.1, 0.15) is 0 Å². The Labute approximate surface area is 158 Å². The molecule has 6 heteroatoms. The van der Waals surface area contributed by atoms with E-state index in [2.05, 4.69) is 20.8 Å². The number of amides is 1. The van der Waals surface area contributed by atoms with E-state index in [1.807, 2.05) is 31.1 Å². The molecule has 1 aliphatic heterocycles. The molecular weight excluding hydrogens is 384 g/mol. The van der Waals surface area contributed by atoms with Crippen molar-refractivity contribution < 1.29 is 14.3 Å². The fourth-order valence-electron chi connectivity index (χ4n) is 2.83. The number of Topliss-reactive ketones (excluding diaryl/α,β-unsaturated/α-hetero) is 1. The summed E-state index contributed by atoms with van der Waals surface area (Å²) < 4.78 is 6.60. The van der Waals surface area contributed by atoms with Crippen molar-refractivity contribution in [2.75, 3.05) is 40.3 Å². The largest absolute Gasteiger partial charge is 0.376 e. The van der Waals surface area contributed by atoms with Crippen LogP contribution in [-0.4, -0.2) is 67.9 Å². The highest BCUT2D eigenvalue weighted by Crippen LogP contribution is 2.16. The smallest absolute Gasteiger partial charge is 0.223 e. The molecule has 1 aromatic carbocycles. The van der Waals surface area contributed by atoms with E-state index >= 15 is 0 Å². The second-order valence-electron chi connectivity index (χ2n) is 6.71. The molecule has 0 aromatic heterocycles. The maximum absolute atomic E-state index is 12.6. The van der Waals surface area contributed by atoms with Crippen molar-refractivity contribution in [3.05, 3.63) is 34.3 Å². The number of ketones is 1. The number of hydrogen-bond donors (Lipinski definition) is 0. The van der Waals surface area contributed by atoms with Crippen LogP contribution in [0, 0.1) is 0 Å². The Bertz CT molecular complexity index is 569. The third-order valence-electron chi connectivity index (χ3n) is 4.35. The van der Waals surface area contributed by atoms with E-state index in [1.165, 1.54) is 0 Å². The van der Waals surface area contributed by atoms with Gasteiger partial charge in [-0.25, -0.2) is 0 Å². The Balaban J connectivity index is 1.88. The normalized spacial score (nSPS) is 17.0. The van der Waals surface area contributed by atoms with Crippen LogP contribution >= 0.6 is 15.9 Å². The molecule has 1 saturated heterocycles. The summed E-state index contributed by atoms with van der Waals surface area (Å²) in [6.07, 6.45) is 2.68. The van der Waals surface area contributed by atoms with Gasteiger partial charge >= 0.3 is 0 Å². The summed E-state index contributed by atoms with van der Waals surface area (Å²) in [5, 5.41) is 0. The molecule has 0 radical (unpaired) electrons. The molecule has 5 nitrogen and oxygen atoms in total. The van der Waals surface area contributed by atoms with Gasteiger partial charge in [-0.3, -0.25) is 9.59 Å². The topological polar surface area (TPSA) is 49.9 Å². The lowest BCUT2D eigenvalue weighted by Crippen LogP contribution is -2.41. The van der Waals surface area contributed by atoms with Gasteiger partial charge in [-0.05, 0) is 39.1 Å². The third kappa shape index (κ3) is 6.88. The first-order valence-corrected chi connectivity index (χ1v) is 9.58. The Hall–Kier alpha value is -1.24. The molecule has 0 spiro atoms.